The van der Waals surface area contributed by atoms with Gasteiger partial charge in [-0.2, -0.15) is 0 Å². The predicted octanol–water partition coefficient (Wildman–Crippen LogP) is 2.23. The molecule has 0 aromatic carbocycles. The van der Waals surface area contributed by atoms with Gasteiger partial charge in [0.15, 0.2) is 0 Å². The van der Waals surface area contributed by atoms with Crippen LogP contribution in [0.25, 0.3) is 0 Å². The molecular weight excluding hydrogens is 206 g/mol. The van der Waals surface area contributed by atoms with E-state index in [0.717, 1.165) is 32.4 Å². The fourth-order valence-corrected chi connectivity index (χ4v) is 3.58. The third-order valence-electron chi connectivity index (χ3n) is 3.57. The van der Waals surface area contributed by atoms with Crippen molar-refractivity contribution in [1.29, 1.82) is 0 Å². The van der Waals surface area contributed by atoms with E-state index in [1.165, 1.54) is 12.0 Å². The van der Waals surface area contributed by atoms with Crippen LogP contribution >= 0.6 is 11.3 Å². The van der Waals surface area contributed by atoms with Gasteiger partial charge in [-0.15, -0.1) is 11.3 Å². The summed E-state index contributed by atoms with van der Waals surface area (Å²) in [5, 5.41) is 2.19. The number of thiophene rings is 1. The van der Waals surface area contributed by atoms with Gasteiger partial charge in [0, 0.05) is 36.9 Å². The summed E-state index contributed by atoms with van der Waals surface area (Å²) >= 11 is 1.88. The minimum atomic E-state index is 0.455. The molecule has 2 aliphatic rings. The van der Waals surface area contributed by atoms with Gasteiger partial charge >= 0.3 is 0 Å². The van der Waals surface area contributed by atoms with Gasteiger partial charge in [-0.25, -0.2) is 0 Å². The molecule has 80 valence electrons. The van der Waals surface area contributed by atoms with Gasteiger partial charge < -0.3 is 0 Å². The molecule has 0 N–H and O–H groups in total. The second kappa shape index (κ2) is 3.72. The molecule has 3 rings (SSSR count). The van der Waals surface area contributed by atoms with Crippen molar-refractivity contribution in [2.45, 2.75) is 38.3 Å². The summed E-state index contributed by atoms with van der Waals surface area (Å²) in [6.07, 6.45) is 3.85. The topological polar surface area (TPSA) is 20.3 Å². The molecule has 2 heterocycles. The highest BCUT2D eigenvalue weighted by Crippen LogP contribution is 2.29. The zero-order valence-electron chi connectivity index (χ0n) is 8.74. The lowest BCUT2D eigenvalue weighted by molar-refractivity contribution is -0.117. The standard InChI is InChI=1S/C12H15NOS/c14-11-2-1-10(7-11)13-5-3-12-9(8-13)4-6-15-12/h4,6,10H,1-3,5,7-8H2. The molecule has 1 fully saturated rings. The molecule has 15 heavy (non-hydrogen) atoms. The summed E-state index contributed by atoms with van der Waals surface area (Å²) in [6.45, 7) is 2.21. The average molecular weight is 221 g/mol. The maximum atomic E-state index is 11.3. The van der Waals surface area contributed by atoms with Crippen molar-refractivity contribution in [3.63, 3.8) is 0 Å². The van der Waals surface area contributed by atoms with Crippen LogP contribution < -0.4 is 0 Å². The number of nitrogens with zero attached hydrogens (tertiary/aromatic N) is 1. The van der Waals surface area contributed by atoms with Crippen LogP contribution in [0.2, 0.25) is 0 Å². The number of ketones is 1. The Balaban J connectivity index is 1.73. The van der Waals surface area contributed by atoms with Gasteiger partial charge in [0.2, 0.25) is 0 Å². The zero-order chi connectivity index (χ0) is 10.3. The van der Waals surface area contributed by atoms with Crippen molar-refractivity contribution in [3.8, 4) is 0 Å². The van der Waals surface area contributed by atoms with E-state index in [1.807, 2.05) is 11.3 Å². The van der Waals surface area contributed by atoms with Crippen LogP contribution in [0.15, 0.2) is 11.4 Å². The fourth-order valence-electron chi connectivity index (χ4n) is 2.69. The quantitative estimate of drug-likeness (QED) is 0.725. The summed E-state index contributed by atoms with van der Waals surface area (Å²) in [5.74, 6) is 0.455. The maximum Gasteiger partial charge on any atom is 0.134 e. The lowest BCUT2D eigenvalue weighted by Crippen LogP contribution is -2.37. The molecule has 1 unspecified atom stereocenters. The maximum absolute atomic E-state index is 11.3. The van der Waals surface area contributed by atoms with Crippen LogP contribution in [0, 0.1) is 0 Å². The largest absolute Gasteiger partial charge is 0.300 e. The van der Waals surface area contributed by atoms with Crippen molar-refractivity contribution < 1.29 is 4.79 Å². The Bertz CT molecular complexity index is 385. The first-order chi connectivity index (χ1) is 7.33. The Hall–Kier alpha value is -0.670. The fraction of sp³-hybridized carbons (Fsp3) is 0.583. The molecule has 0 bridgehead atoms. The van der Waals surface area contributed by atoms with Gasteiger partial charge in [-0.05, 0) is 29.9 Å². The van der Waals surface area contributed by atoms with Crippen LogP contribution in [0.1, 0.15) is 29.7 Å². The molecule has 0 spiro atoms. The van der Waals surface area contributed by atoms with E-state index in [0.29, 0.717) is 11.8 Å². The number of hydrogen-bond donors (Lipinski definition) is 0. The first kappa shape index (κ1) is 9.55. The molecule has 1 aliphatic heterocycles. The highest BCUT2D eigenvalue weighted by molar-refractivity contribution is 7.10. The number of fused-ring (bicyclic) bond motifs is 1. The zero-order valence-corrected chi connectivity index (χ0v) is 9.55. The minimum absolute atomic E-state index is 0.455. The number of hydrogen-bond acceptors (Lipinski definition) is 3. The second-order valence-electron chi connectivity index (χ2n) is 4.52. The number of carbonyl (C=O) groups excluding carboxylic acids is 1. The van der Waals surface area contributed by atoms with Gasteiger partial charge in [-0.3, -0.25) is 9.69 Å². The van der Waals surface area contributed by atoms with Crippen molar-refractivity contribution >= 4 is 17.1 Å². The smallest absolute Gasteiger partial charge is 0.134 e. The van der Waals surface area contributed by atoms with Gasteiger partial charge in [-0.1, -0.05) is 0 Å². The monoisotopic (exact) mass is 221 g/mol. The first-order valence-corrected chi connectivity index (χ1v) is 6.52. The van der Waals surface area contributed by atoms with E-state index in [9.17, 15) is 4.79 Å². The molecule has 0 radical (unpaired) electrons. The predicted molar refractivity (Wildman–Crippen MR) is 61.1 cm³/mol. The summed E-state index contributed by atoms with van der Waals surface area (Å²) < 4.78 is 0. The Morgan fingerprint density at radius 2 is 2.33 bits per heavy atom. The van der Waals surface area contributed by atoms with Gasteiger partial charge in [0.05, 0.1) is 0 Å². The first-order valence-electron chi connectivity index (χ1n) is 5.64. The van der Waals surface area contributed by atoms with E-state index in [4.69, 9.17) is 0 Å². The third kappa shape index (κ3) is 1.74. The van der Waals surface area contributed by atoms with Crippen LogP contribution in [0.5, 0.6) is 0 Å². The van der Waals surface area contributed by atoms with E-state index < -0.39 is 0 Å². The Morgan fingerprint density at radius 3 is 3.13 bits per heavy atom. The summed E-state index contributed by atoms with van der Waals surface area (Å²) in [4.78, 5) is 15.3. The third-order valence-corrected chi connectivity index (χ3v) is 4.60. The van der Waals surface area contributed by atoms with E-state index >= 15 is 0 Å². The lowest BCUT2D eigenvalue weighted by atomic mass is 10.1. The van der Waals surface area contributed by atoms with Crippen LogP contribution in [-0.2, 0) is 17.8 Å². The van der Waals surface area contributed by atoms with Crippen molar-refractivity contribution in [3.05, 3.63) is 21.9 Å². The van der Waals surface area contributed by atoms with Crippen LogP contribution in [0.3, 0.4) is 0 Å². The van der Waals surface area contributed by atoms with Crippen molar-refractivity contribution in [2.24, 2.45) is 0 Å². The van der Waals surface area contributed by atoms with Crippen LogP contribution in [-0.4, -0.2) is 23.3 Å². The van der Waals surface area contributed by atoms with E-state index in [1.54, 1.807) is 4.88 Å². The summed E-state index contributed by atoms with van der Waals surface area (Å²) in [7, 11) is 0. The SMILES string of the molecule is O=C1CCC(N2CCc3sccc3C2)C1. The molecule has 3 heteroatoms. The molecule has 1 aliphatic carbocycles. The number of rotatable bonds is 1. The van der Waals surface area contributed by atoms with Crippen molar-refractivity contribution in [1.82, 2.24) is 4.90 Å². The molecule has 1 aromatic heterocycles. The Kier molecular flexibility index (Phi) is 2.37. The van der Waals surface area contributed by atoms with Crippen molar-refractivity contribution in [2.75, 3.05) is 6.54 Å². The average Bonchev–Trinajstić information content (AvgIpc) is 2.84. The second-order valence-corrected chi connectivity index (χ2v) is 5.53. The Morgan fingerprint density at radius 1 is 1.40 bits per heavy atom. The Labute approximate surface area is 93.9 Å². The minimum Gasteiger partial charge on any atom is -0.300 e. The summed E-state index contributed by atoms with van der Waals surface area (Å²) in [6, 6.07) is 2.77. The lowest BCUT2D eigenvalue weighted by Gasteiger charge is -2.31. The number of Topliss-reactive ketones (excluding diaryl/α,β-unsaturated/α-hetero) is 1. The van der Waals surface area contributed by atoms with Gasteiger partial charge in [0.1, 0.15) is 5.78 Å². The number of carbonyl (C=O) groups is 1. The van der Waals surface area contributed by atoms with E-state index in [2.05, 4.69) is 16.3 Å². The summed E-state index contributed by atoms with van der Waals surface area (Å²) in [5.41, 5.74) is 1.49. The van der Waals surface area contributed by atoms with E-state index in [-0.39, 0.29) is 0 Å². The molecule has 0 saturated heterocycles. The highest BCUT2D eigenvalue weighted by atomic mass is 32.1. The molecule has 1 saturated carbocycles. The molecule has 0 amide bonds. The van der Waals surface area contributed by atoms with Crippen LogP contribution in [0.4, 0.5) is 0 Å². The molecule has 1 aromatic rings. The molecule has 2 nitrogen and oxygen atoms in total. The molecule has 1 atom stereocenters. The molecular formula is C12H15NOS. The van der Waals surface area contributed by atoms with Gasteiger partial charge in [0.25, 0.3) is 0 Å². The highest BCUT2D eigenvalue weighted by Gasteiger charge is 2.29. The normalized spacial score (nSPS) is 26.9.